The summed E-state index contributed by atoms with van der Waals surface area (Å²) in [5, 5.41) is 2.64. The van der Waals surface area contributed by atoms with Gasteiger partial charge in [0.15, 0.2) is 6.61 Å². The molecule has 0 aliphatic heterocycles. The van der Waals surface area contributed by atoms with E-state index in [9.17, 15) is 9.59 Å². The summed E-state index contributed by atoms with van der Waals surface area (Å²) in [5.74, 6) is 0.316. The molecule has 0 spiro atoms. The maximum atomic E-state index is 11.6. The molecule has 1 aromatic carbocycles. The molecule has 1 N–H and O–H groups in total. The Bertz CT molecular complexity index is 683. The molecule has 2 rings (SSSR count). The molecule has 0 aliphatic carbocycles. The summed E-state index contributed by atoms with van der Waals surface area (Å²) >= 11 is 0. The predicted molar refractivity (Wildman–Crippen MR) is 83.2 cm³/mol. The molecule has 1 aromatic heterocycles. The molecular weight excluding hydrogens is 282 g/mol. The Balaban J connectivity index is 1.77. The van der Waals surface area contributed by atoms with E-state index >= 15 is 0 Å². The number of esters is 1. The average molecular weight is 299 g/mol. The zero-order chi connectivity index (χ0) is 15.9. The normalized spacial score (nSPS) is 10.6. The van der Waals surface area contributed by atoms with Crippen molar-refractivity contribution in [2.45, 2.75) is 13.8 Å². The quantitative estimate of drug-likeness (QED) is 0.680. The Kier molecular flexibility index (Phi) is 5.14. The highest BCUT2D eigenvalue weighted by molar-refractivity contribution is 5.94. The van der Waals surface area contributed by atoms with Crippen molar-refractivity contribution in [1.29, 1.82) is 0 Å². The number of furan rings is 1. The van der Waals surface area contributed by atoms with E-state index < -0.39 is 5.97 Å². The van der Waals surface area contributed by atoms with Gasteiger partial charge in [-0.1, -0.05) is 17.7 Å². The van der Waals surface area contributed by atoms with E-state index in [1.807, 2.05) is 26.0 Å². The second-order valence-electron chi connectivity index (χ2n) is 4.80. The lowest BCUT2D eigenvalue weighted by atomic mass is 10.2. The number of benzene rings is 1. The molecule has 5 nitrogen and oxygen atoms in total. The van der Waals surface area contributed by atoms with Crippen molar-refractivity contribution in [2.24, 2.45) is 0 Å². The summed E-state index contributed by atoms with van der Waals surface area (Å²) in [7, 11) is 0. The molecule has 0 saturated heterocycles. The van der Waals surface area contributed by atoms with Crippen molar-refractivity contribution in [2.75, 3.05) is 11.9 Å². The fourth-order valence-corrected chi connectivity index (χ4v) is 1.71. The van der Waals surface area contributed by atoms with Gasteiger partial charge in [0.2, 0.25) is 0 Å². The molecule has 1 heterocycles. The molecular formula is C17H17NO4. The number of ether oxygens (including phenoxy) is 1. The van der Waals surface area contributed by atoms with Crippen LogP contribution in [0, 0.1) is 13.8 Å². The topological polar surface area (TPSA) is 68.5 Å². The third-order valence-electron chi connectivity index (χ3n) is 2.83. The van der Waals surface area contributed by atoms with Gasteiger partial charge in [-0.15, -0.1) is 0 Å². The van der Waals surface area contributed by atoms with Gasteiger partial charge in [-0.05, 0) is 44.2 Å². The number of carbonyl (C=O) groups is 2. The number of hydrogen-bond donors (Lipinski definition) is 1. The lowest BCUT2D eigenvalue weighted by Crippen LogP contribution is -2.20. The molecule has 5 heteroatoms. The second kappa shape index (κ2) is 7.26. The first-order valence-corrected chi connectivity index (χ1v) is 6.81. The van der Waals surface area contributed by atoms with Crippen molar-refractivity contribution in [1.82, 2.24) is 0 Å². The number of carbonyl (C=O) groups excluding carboxylic acids is 2. The second-order valence-corrected chi connectivity index (χ2v) is 4.80. The molecule has 1 amide bonds. The molecule has 0 unspecified atom stereocenters. The Hall–Kier alpha value is -2.82. The van der Waals surface area contributed by atoms with Crippen LogP contribution in [0.2, 0.25) is 0 Å². The minimum Gasteiger partial charge on any atom is -0.462 e. The summed E-state index contributed by atoms with van der Waals surface area (Å²) in [6.45, 7) is 3.43. The molecule has 114 valence electrons. The number of rotatable bonds is 5. The molecule has 0 fully saturated rings. The van der Waals surface area contributed by atoms with Crippen molar-refractivity contribution < 1.29 is 18.7 Å². The molecule has 0 atom stereocenters. The van der Waals surface area contributed by atoms with Crippen LogP contribution >= 0.6 is 0 Å². The van der Waals surface area contributed by atoms with Gasteiger partial charge in [0.05, 0.1) is 0 Å². The first-order chi connectivity index (χ1) is 10.5. The van der Waals surface area contributed by atoms with Gasteiger partial charge in [-0.25, -0.2) is 4.79 Å². The highest BCUT2D eigenvalue weighted by Crippen LogP contribution is 2.09. The molecule has 0 radical (unpaired) electrons. The molecule has 0 bridgehead atoms. The fraction of sp³-hybridized carbons (Fsp3) is 0.176. The lowest BCUT2D eigenvalue weighted by molar-refractivity contribution is -0.142. The smallest absolute Gasteiger partial charge is 0.331 e. The third kappa shape index (κ3) is 4.94. The first-order valence-electron chi connectivity index (χ1n) is 6.81. The summed E-state index contributed by atoms with van der Waals surface area (Å²) < 4.78 is 10.1. The summed E-state index contributed by atoms with van der Waals surface area (Å²) in [4.78, 5) is 23.1. The maximum absolute atomic E-state index is 11.6. The van der Waals surface area contributed by atoms with Gasteiger partial charge in [-0.2, -0.15) is 0 Å². The number of aryl methyl sites for hydroxylation is 2. The van der Waals surface area contributed by atoms with E-state index in [4.69, 9.17) is 9.15 Å². The molecule has 22 heavy (non-hydrogen) atoms. The molecule has 0 aliphatic rings. The standard InChI is InChI=1S/C17H17NO4/c1-12-3-6-14(7-4-12)18-16(19)11-21-17(20)10-9-15-8-5-13(2)22-15/h3-10H,11H2,1-2H3,(H,18,19). The van der Waals surface area contributed by atoms with Crippen LogP contribution in [0.15, 0.2) is 46.9 Å². The van der Waals surface area contributed by atoms with E-state index in [0.717, 1.165) is 11.3 Å². The third-order valence-corrected chi connectivity index (χ3v) is 2.83. The maximum Gasteiger partial charge on any atom is 0.331 e. The van der Waals surface area contributed by atoms with E-state index in [1.54, 1.807) is 24.3 Å². The van der Waals surface area contributed by atoms with Gasteiger partial charge >= 0.3 is 5.97 Å². The van der Waals surface area contributed by atoms with Crippen LogP contribution < -0.4 is 5.32 Å². The largest absolute Gasteiger partial charge is 0.462 e. The van der Waals surface area contributed by atoms with Gasteiger partial charge in [0.25, 0.3) is 5.91 Å². The van der Waals surface area contributed by atoms with Crippen molar-refractivity contribution in [3.63, 3.8) is 0 Å². The summed E-state index contributed by atoms with van der Waals surface area (Å²) in [6, 6.07) is 10.9. The van der Waals surface area contributed by atoms with Crippen LogP contribution in [0.3, 0.4) is 0 Å². The van der Waals surface area contributed by atoms with Gasteiger partial charge < -0.3 is 14.5 Å². The number of hydrogen-bond acceptors (Lipinski definition) is 4. The van der Waals surface area contributed by atoms with Crippen LogP contribution in [0.25, 0.3) is 6.08 Å². The Morgan fingerprint density at radius 3 is 2.50 bits per heavy atom. The van der Waals surface area contributed by atoms with Gasteiger partial charge in [0.1, 0.15) is 11.5 Å². The first kappa shape index (κ1) is 15.6. The number of nitrogens with one attached hydrogen (secondary N) is 1. The van der Waals surface area contributed by atoms with Crippen molar-refractivity contribution >= 4 is 23.6 Å². The Morgan fingerprint density at radius 1 is 1.14 bits per heavy atom. The van der Waals surface area contributed by atoms with Crippen LogP contribution in [0.5, 0.6) is 0 Å². The lowest BCUT2D eigenvalue weighted by Gasteiger charge is -2.05. The Morgan fingerprint density at radius 2 is 1.86 bits per heavy atom. The van der Waals surface area contributed by atoms with Crippen LogP contribution in [0.4, 0.5) is 5.69 Å². The van der Waals surface area contributed by atoms with Gasteiger partial charge in [0, 0.05) is 11.8 Å². The van der Waals surface area contributed by atoms with Gasteiger partial charge in [-0.3, -0.25) is 4.79 Å². The van der Waals surface area contributed by atoms with Crippen molar-refractivity contribution in [3.05, 3.63) is 59.6 Å². The minimum atomic E-state index is -0.604. The minimum absolute atomic E-state index is 0.339. The zero-order valence-corrected chi connectivity index (χ0v) is 12.5. The molecule has 2 aromatic rings. The molecule has 0 saturated carbocycles. The van der Waals surface area contributed by atoms with E-state index in [2.05, 4.69) is 5.32 Å². The van der Waals surface area contributed by atoms with Crippen LogP contribution in [-0.2, 0) is 14.3 Å². The van der Waals surface area contributed by atoms with Crippen molar-refractivity contribution in [3.8, 4) is 0 Å². The predicted octanol–water partition coefficient (Wildman–Crippen LogP) is 3.09. The zero-order valence-electron chi connectivity index (χ0n) is 12.5. The van der Waals surface area contributed by atoms with E-state index in [-0.39, 0.29) is 12.5 Å². The average Bonchev–Trinajstić information content (AvgIpc) is 2.91. The SMILES string of the molecule is Cc1ccc(NC(=O)COC(=O)C=Cc2ccc(C)o2)cc1. The van der Waals surface area contributed by atoms with E-state index in [1.165, 1.54) is 12.2 Å². The fourth-order valence-electron chi connectivity index (χ4n) is 1.71. The number of anilines is 1. The van der Waals surface area contributed by atoms with Crippen LogP contribution in [0.1, 0.15) is 17.1 Å². The Labute approximate surface area is 128 Å². The summed E-state index contributed by atoms with van der Waals surface area (Å²) in [5.41, 5.74) is 1.76. The highest BCUT2D eigenvalue weighted by atomic mass is 16.5. The monoisotopic (exact) mass is 299 g/mol. The van der Waals surface area contributed by atoms with Crippen LogP contribution in [-0.4, -0.2) is 18.5 Å². The highest BCUT2D eigenvalue weighted by Gasteiger charge is 2.05. The van der Waals surface area contributed by atoms with E-state index in [0.29, 0.717) is 11.4 Å². The number of amides is 1. The summed E-state index contributed by atoms with van der Waals surface area (Å²) in [6.07, 6.45) is 2.71.